The lowest BCUT2D eigenvalue weighted by atomic mass is 10.1. The van der Waals surface area contributed by atoms with Gasteiger partial charge in [-0.1, -0.05) is 24.3 Å². The Morgan fingerprint density at radius 2 is 1.68 bits per heavy atom. The van der Waals surface area contributed by atoms with E-state index in [4.69, 9.17) is 14.6 Å². The number of aromatic carboxylic acids is 1. The van der Waals surface area contributed by atoms with Crippen molar-refractivity contribution in [3.8, 4) is 17.2 Å². The van der Waals surface area contributed by atoms with E-state index in [-0.39, 0.29) is 23.7 Å². The van der Waals surface area contributed by atoms with Gasteiger partial charge in [0.25, 0.3) is 0 Å². The van der Waals surface area contributed by atoms with E-state index in [0.29, 0.717) is 11.3 Å². The molecule has 0 radical (unpaired) electrons. The largest absolute Gasteiger partial charge is 0.489 e. The number of carbonyl (C=O) groups is 1. The maximum absolute atomic E-state index is 13.9. The Kier molecular flexibility index (Phi) is 6.59. The first kappa shape index (κ1) is 21.9. The van der Waals surface area contributed by atoms with Crippen molar-refractivity contribution in [1.82, 2.24) is 0 Å². The third-order valence-corrected chi connectivity index (χ3v) is 4.11. The predicted octanol–water partition coefficient (Wildman–Crippen LogP) is 6.43. The van der Waals surface area contributed by atoms with Crippen molar-refractivity contribution in [1.29, 1.82) is 0 Å². The Morgan fingerprint density at radius 1 is 0.968 bits per heavy atom. The Bertz CT molecular complexity index is 1090. The number of benzene rings is 3. The summed E-state index contributed by atoms with van der Waals surface area (Å²) in [7, 11) is 0. The average Bonchev–Trinajstić information content (AvgIpc) is 2.73. The first-order valence-electron chi connectivity index (χ1n) is 9.00. The molecule has 160 valence electrons. The first-order valence-corrected chi connectivity index (χ1v) is 9.00. The van der Waals surface area contributed by atoms with Gasteiger partial charge in [-0.15, -0.1) is 0 Å². The standard InChI is InChI=1S/C23H16F4O4/c24-20-11-8-16(22(28)29)13-21(20)31-19-5-1-4-18(14-19)30-12-2-3-15-6-9-17(10-7-15)23(25,26)27/h1-11,13-14H,12H2,(H,28,29). The summed E-state index contributed by atoms with van der Waals surface area (Å²) in [6.07, 6.45) is -1.13. The average molecular weight is 432 g/mol. The molecule has 31 heavy (non-hydrogen) atoms. The number of hydrogen-bond donors (Lipinski definition) is 1. The number of hydrogen-bond acceptors (Lipinski definition) is 3. The van der Waals surface area contributed by atoms with Crippen molar-refractivity contribution in [2.45, 2.75) is 6.18 Å². The lowest BCUT2D eigenvalue weighted by molar-refractivity contribution is -0.137. The van der Waals surface area contributed by atoms with Crippen LogP contribution in [0.1, 0.15) is 21.5 Å². The molecule has 3 aromatic rings. The smallest absolute Gasteiger partial charge is 0.416 e. The van der Waals surface area contributed by atoms with E-state index >= 15 is 0 Å². The van der Waals surface area contributed by atoms with Gasteiger partial charge in [0.15, 0.2) is 11.6 Å². The maximum atomic E-state index is 13.9. The first-order chi connectivity index (χ1) is 14.7. The molecule has 3 aromatic carbocycles. The summed E-state index contributed by atoms with van der Waals surface area (Å²) in [5.41, 5.74) is -0.247. The highest BCUT2D eigenvalue weighted by Gasteiger charge is 2.29. The molecule has 0 bridgehead atoms. The highest BCUT2D eigenvalue weighted by atomic mass is 19.4. The normalized spacial score (nSPS) is 11.5. The molecule has 0 spiro atoms. The third kappa shape index (κ3) is 6.08. The number of carboxylic acids is 1. The van der Waals surface area contributed by atoms with E-state index in [1.165, 1.54) is 18.2 Å². The van der Waals surface area contributed by atoms with Crippen LogP contribution in [0.15, 0.2) is 72.8 Å². The summed E-state index contributed by atoms with van der Waals surface area (Å²) < 4.78 is 62.6. The van der Waals surface area contributed by atoms with Crippen molar-refractivity contribution in [3.63, 3.8) is 0 Å². The van der Waals surface area contributed by atoms with Gasteiger partial charge in [-0.25, -0.2) is 9.18 Å². The molecule has 0 saturated heterocycles. The number of halogens is 4. The Hall–Kier alpha value is -3.81. The second kappa shape index (κ2) is 9.34. The fraction of sp³-hybridized carbons (Fsp3) is 0.0870. The van der Waals surface area contributed by atoms with Crippen LogP contribution in [0.4, 0.5) is 17.6 Å². The van der Waals surface area contributed by atoms with Crippen LogP contribution >= 0.6 is 0 Å². The molecule has 0 unspecified atom stereocenters. The van der Waals surface area contributed by atoms with Crippen LogP contribution in [0.5, 0.6) is 17.2 Å². The monoisotopic (exact) mass is 432 g/mol. The lowest BCUT2D eigenvalue weighted by Gasteiger charge is -2.09. The Morgan fingerprint density at radius 3 is 2.35 bits per heavy atom. The summed E-state index contributed by atoms with van der Waals surface area (Å²) in [6, 6.07) is 14.2. The maximum Gasteiger partial charge on any atom is 0.416 e. The molecule has 0 fully saturated rings. The van der Waals surface area contributed by atoms with Crippen LogP contribution < -0.4 is 9.47 Å². The van der Waals surface area contributed by atoms with Crippen LogP contribution in [0, 0.1) is 5.82 Å². The zero-order chi connectivity index (χ0) is 22.4. The Labute approximate surface area is 175 Å². The molecule has 8 heteroatoms. The summed E-state index contributed by atoms with van der Waals surface area (Å²) in [5, 5.41) is 9.01. The van der Waals surface area contributed by atoms with Crippen LogP contribution in [0.2, 0.25) is 0 Å². The summed E-state index contributed by atoms with van der Waals surface area (Å²) in [4.78, 5) is 11.0. The van der Waals surface area contributed by atoms with Crippen molar-refractivity contribution in [2.24, 2.45) is 0 Å². The quantitative estimate of drug-likeness (QED) is 0.438. The molecule has 3 rings (SSSR count). The summed E-state index contributed by atoms with van der Waals surface area (Å²) in [5.74, 6) is -1.51. The van der Waals surface area contributed by atoms with E-state index in [9.17, 15) is 22.4 Å². The molecule has 0 aromatic heterocycles. The van der Waals surface area contributed by atoms with E-state index in [2.05, 4.69) is 0 Å². The molecule has 0 amide bonds. The molecular weight excluding hydrogens is 416 g/mol. The number of alkyl halides is 3. The van der Waals surface area contributed by atoms with Crippen LogP contribution in [0.25, 0.3) is 6.08 Å². The number of rotatable bonds is 7. The van der Waals surface area contributed by atoms with Gasteiger partial charge in [-0.3, -0.25) is 0 Å². The zero-order valence-electron chi connectivity index (χ0n) is 15.9. The van der Waals surface area contributed by atoms with Gasteiger partial charge < -0.3 is 14.6 Å². The van der Waals surface area contributed by atoms with Gasteiger partial charge in [0, 0.05) is 6.07 Å². The third-order valence-electron chi connectivity index (χ3n) is 4.11. The van der Waals surface area contributed by atoms with Crippen molar-refractivity contribution < 1.29 is 36.9 Å². The van der Waals surface area contributed by atoms with Crippen LogP contribution in [-0.2, 0) is 6.18 Å². The van der Waals surface area contributed by atoms with Gasteiger partial charge >= 0.3 is 12.1 Å². The zero-order valence-corrected chi connectivity index (χ0v) is 15.9. The minimum absolute atomic E-state index is 0.114. The molecule has 0 aliphatic rings. The van der Waals surface area contributed by atoms with E-state index in [1.54, 1.807) is 30.4 Å². The summed E-state index contributed by atoms with van der Waals surface area (Å²) >= 11 is 0. The van der Waals surface area contributed by atoms with Crippen LogP contribution in [-0.4, -0.2) is 17.7 Å². The van der Waals surface area contributed by atoms with Gasteiger partial charge in [0.1, 0.15) is 18.1 Å². The minimum atomic E-state index is -4.38. The number of carboxylic acid groups (broad SMARTS) is 1. The van der Waals surface area contributed by atoms with Crippen LogP contribution in [0.3, 0.4) is 0 Å². The van der Waals surface area contributed by atoms with E-state index in [1.807, 2.05) is 0 Å². The molecule has 0 heterocycles. The van der Waals surface area contributed by atoms with E-state index < -0.39 is 23.5 Å². The van der Waals surface area contributed by atoms with Crippen molar-refractivity contribution in [3.05, 3.63) is 95.3 Å². The highest BCUT2D eigenvalue weighted by Crippen LogP contribution is 2.30. The molecule has 0 atom stereocenters. The van der Waals surface area contributed by atoms with E-state index in [0.717, 1.165) is 30.3 Å². The van der Waals surface area contributed by atoms with Gasteiger partial charge in [-0.2, -0.15) is 13.2 Å². The second-order valence-electron chi connectivity index (χ2n) is 6.36. The van der Waals surface area contributed by atoms with Gasteiger partial charge in [-0.05, 0) is 54.1 Å². The highest BCUT2D eigenvalue weighted by molar-refractivity contribution is 5.88. The summed E-state index contributed by atoms with van der Waals surface area (Å²) in [6.45, 7) is 0.132. The predicted molar refractivity (Wildman–Crippen MR) is 106 cm³/mol. The van der Waals surface area contributed by atoms with Crippen molar-refractivity contribution >= 4 is 12.0 Å². The fourth-order valence-electron chi connectivity index (χ4n) is 2.58. The Balaban J connectivity index is 1.60. The molecule has 4 nitrogen and oxygen atoms in total. The lowest BCUT2D eigenvalue weighted by Crippen LogP contribution is -2.03. The fourth-order valence-corrected chi connectivity index (χ4v) is 2.58. The molecule has 0 saturated carbocycles. The molecule has 0 aliphatic carbocycles. The van der Waals surface area contributed by atoms with Gasteiger partial charge in [0.2, 0.25) is 0 Å². The number of ether oxygens (including phenoxy) is 2. The second-order valence-corrected chi connectivity index (χ2v) is 6.36. The van der Waals surface area contributed by atoms with Crippen molar-refractivity contribution in [2.75, 3.05) is 6.61 Å². The molecule has 0 aliphatic heterocycles. The minimum Gasteiger partial charge on any atom is -0.489 e. The van der Waals surface area contributed by atoms with Gasteiger partial charge in [0.05, 0.1) is 11.1 Å². The topological polar surface area (TPSA) is 55.8 Å². The molecular formula is C23H16F4O4. The SMILES string of the molecule is O=C(O)c1ccc(F)c(Oc2cccc(OCC=Cc3ccc(C(F)(F)F)cc3)c2)c1. The molecule has 1 N–H and O–H groups in total.